The fraction of sp³-hybridized carbons (Fsp3) is 0.211. The molecule has 0 fully saturated rings. The summed E-state index contributed by atoms with van der Waals surface area (Å²) in [5.41, 5.74) is 2.13. The van der Waals surface area contributed by atoms with Crippen molar-refractivity contribution in [3.8, 4) is 11.5 Å². The van der Waals surface area contributed by atoms with Gasteiger partial charge in [-0.3, -0.25) is 4.79 Å². The van der Waals surface area contributed by atoms with Crippen molar-refractivity contribution in [1.29, 1.82) is 0 Å². The first kappa shape index (κ1) is 17.5. The fourth-order valence-electron chi connectivity index (χ4n) is 2.47. The molecule has 1 heterocycles. The van der Waals surface area contributed by atoms with Gasteiger partial charge in [0.1, 0.15) is 30.8 Å². The van der Waals surface area contributed by atoms with Gasteiger partial charge in [-0.05, 0) is 31.2 Å². The molecule has 134 valence electrons. The number of hydrogen-bond acceptors (Lipinski definition) is 5. The maximum Gasteiger partial charge on any atom is 0.259 e. The fourth-order valence-corrected chi connectivity index (χ4v) is 2.47. The van der Waals surface area contributed by atoms with Crippen LogP contribution in [-0.2, 0) is 6.54 Å². The van der Waals surface area contributed by atoms with Crippen molar-refractivity contribution >= 4 is 11.6 Å². The second-order valence-corrected chi connectivity index (χ2v) is 5.69. The van der Waals surface area contributed by atoms with Crippen molar-refractivity contribution in [2.75, 3.05) is 19.0 Å². The lowest BCUT2D eigenvalue weighted by Gasteiger charge is -2.11. The minimum Gasteiger partial charge on any atom is -0.496 e. The average molecular weight is 352 g/mol. The predicted octanol–water partition coefficient (Wildman–Crippen LogP) is 2.93. The number of carbonyl (C=O) groups is 1. The summed E-state index contributed by atoms with van der Waals surface area (Å²) in [4.78, 5) is 16.5. The van der Waals surface area contributed by atoms with E-state index in [1.807, 2.05) is 31.2 Å². The highest BCUT2D eigenvalue weighted by atomic mass is 16.5. The maximum atomic E-state index is 12.6. The van der Waals surface area contributed by atoms with E-state index in [0.29, 0.717) is 35.9 Å². The molecule has 3 aromatic rings. The van der Waals surface area contributed by atoms with Gasteiger partial charge < -0.3 is 14.8 Å². The Morgan fingerprint density at radius 3 is 2.88 bits per heavy atom. The van der Waals surface area contributed by atoms with Gasteiger partial charge in [-0.25, -0.2) is 9.67 Å². The summed E-state index contributed by atoms with van der Waals surface area (Å²) in [5, 5.41) is 6.90. The van der Waals surface area contributed by atoms with Crippen molar-refractivity contribution in [3.63, 3.8) is 0 Å². The lowest BCUT2D eigenvalue weighted by atomic mass is 10.1. The van der Waals surface area contributed by atoms with Crippen LogP contribution in [0.2, 0.25) is 0 Å². The van der Waals surface area contributed by atoms with E-state index in [1.165, 1.54) is 6.33 Å². The molecule has 7 heteroatoms. The van der Waals surface area contributed by atoms with Gasteiger partial charge in [0.2, 0.25) is 0 Å². The molecule has 0 unspecified atom stereocenters. The average Bonchev–Trinajstić information content (AvgIpc) is 3.15. The van der Waals surface area contributed by atoms with Crippen LogP contribution in [-0.4, -0.2) is 34.4 Å². The normalized spacial score (nSPS) is 10.4. The summed E-state index contributed by atoms with van der Waals surface area (Å²) >= 11 is 0. The smallest absolute Gasteiger partial charge is 0.259 e. The Morgan fingerprint density at radius 1 is 1.23 bits per heavy atom. The third-order valence-corrected chi connectivity index (χ3v) is 3.75. The van der Waals surface area contributed by atoms with Gasteiger partial charge >= 0.3 is 0 Å². The topological polar surface area (TPSA) is 78.3 Å². The van der Waals surface area contributed by atoms with E-state index >= 15 is 0 Å². The van der Waals surface area contributed by atoms with Crippen LogP contribution in [0.25, 0.3) is 0 Å². The first-order chi connectivity index (χ1) is 12.7. The van der Waals surface area contributed by atoms with E-state index in [0.717, 1.165) is 5.56 Å². The molecule has 0 aliphatic heterocycles. The first-order valence-electron chi connectivity index (χ1n) is 8.17. The van der Waals surface area contributed by atoms with Crippen molar-refractivity contribution in [1.82, 2.24) is 14.8 Å². The quantitative estimate of drug-likeness (QED) is 0.707. The summed E-state index contributed by atoms with van der Waals surface area (Å²) in [5.74, 6) is 0.970. The van der Waals surface area contributed by atoms with Crippen LogP contribution in [0.15, 0.2) is 55.1 Å². The molecule has 0 atom stereocenters. The Balaban J connectivity index is 1.64. The Kier molecular flexibility index (Phi) is 5.48. The number of aryl methyl sites for hydroxylation is 1. The van der Waals surface area contributed by atoms with Crippen LogP contribution >= 0.6 is 0 Å². The van der Waals surface area contributed by atoms with Gasteiger partial charge in [0, 0.05) is 11.8 Å². The van der Waals surface area contributed by atoms with Crippen LogP contribution in [0.3, 0.4) is 0 Å². The zero-order valence-corrected chi connectivity index (χ0v) is 14.7. The van der Waals surface area contributed by atoms with E-state index < -0.39 is 0 Å². The van der Waals surface area contributed by atoms with Crippen molar-refractivity contribution in [2.45, 2.75) is 13.5 Å². The Bertz CT molecular complexity index is 878. The zero-order chi connectivity index (χ0) is 18.4. The molecule has 0 saturated carbocycles. The molecule has 0 bridgehead atoms. The molecule has 1 aromatic heterocycles. The van der Waals surface area contributed by atoms with Crippen molar-refractivity contribution in [2.24, 2.45) is 0 Å². The van der Waals surface area contributed by atoms with E-state index in [2.05, 4.69) is 15.4 Å². The lowest BCUT2D eigenvalue weighted by molar-refractivity contribution is 0.102. The highest BCUT2D eigenvalue weighted by Gasteiger charge is 2.13. The molecule has 0 aliphatic carbocycles. The third-order valence-electron chi connectivity index (χ3n) is 3.75. The predicted molar refractivity (Wildman–Crippen MR) is 97.6 cm³/mol. The molecule has 0 radical (unpaired) electrons. The Hall–Kier alpha value is -3.35. The molecule has 2 aromatic carbocycles. The van der Waals surface area contributed by atoms with Crippen LogP contribution in [0.4, 0.5) is 5.69 Å². The number of hydrogen-bond donors (Lipinski definition) is 1. The highest BCUT2D eigenvalue weighted by Crippen LogP contribution is 2.23. The lowest BCUT2D eigenvalue weighted by Crippen LogP contribution is -2.13. The molecule has 3 rings (SSSR count). The summed E-state index contributed by atoms with van der Waals surface area (Å²) in [7, 11) is 1.55. The number of nitrogens with one attached hydrogen (secondary N) is 1. The first-order valence-corrected chi connectivity index (χ1v) is 8.17. The number of aromatic nitrogens is 3. The number of nitrogens with zero attached hydrogens (tertiary/aromatic N) is 3. The molecular weight excluding hydrogens is 332 g/mol. The number of methoxy groups -OCH3 is 1. The SMILES string of the molecule is COc1ccc(C)cc1C(=O)Nc1cccc(OCCn2cncn2)c1. The van der Waals surface area contributed by atoms with Crippen LogP contribution in [0, 0.1) is 6.92 Å². The van der Waals surface area contributed by atoms with E-state index in [1.54, 1.807) is 36.3 Å². The largest absolute Gasteiger partial charge is 0.496 e. The van der Waals surface area contributed by atoms with Gasteiger partial charge in [-0.15, -0.1) is 0 Å². The molecule has 26 heavy (non-hydrogen) atoms. The van der Waals surface area contributed by atoms with Crippen LogP contribution < -0.4 is 14.8 Å². The minimum atomic E-state index is -0.231. The van der Waals surface area contributed by atoms with Crippen LogP contribution in [0.5, 0.6) is 11.5 Å². The molecule has 0 saturated heterocycles. The number of benzene rings is 2. The number of ether oxygens (including phenoxy) is 2. The van der Waals surface area contributed by atoms with Gasteiger partial charge in [-0.1, -0.05) is 17.7 Å². The summed E-state index contributed by atoms with van der Waals surface area (Å²) < 4.78 is 12.7. The second-order valence-electron chi connectivity index (χ2n) is 5.69. The zero-order valence-electron chi connectivity index (χ0n) is 14.7. The van der Waals surface area contributed by atoms with Gasteiger partial charge in [-0.2, -0.15) is 5.10 Å². The summed E-state index contributed by atoms with van der Waals surface area (Å²) in [6.45, 7) is 2.98. The van der Waals surface area contributed by atoms with Gasteiger partial charge in [0.15, 0.2) is 0 Å². The standard InChI is InChI=1S/C19H20N4O3/c1-14-6-7-18(25-2)17(10-14)19(24)22-15-4-3-5-16(11-15)26-9-8-23-13-20-12-21-23/h3-7,10-13H,8-9H2,1-2H3,(H,22,24). The van der Waals surface area contributed by atoms with Crippen LogP contribution in [0.1, 0.15) is 15.9 Å². The second kappa shape index (κ2) is 8.15. The van der Waals surface area contributed by atoms with Crippen molar-refractivity contribution < 1.29 is 14.3 Å². The highest BCUT2D eigenvalue weighted by molar-refractivity contribution is 6.06. The molecule has 1 amide bonds. The summed E-state index contributed by atoms with van der Waals surface area (Å²) in [6, 6.07) is 12.7. The molecule has 0 spiro atoms. The molecule has 0 aliphatic rings. The molecule has 1 N–H and O–H groups in total. The minimum absolute atomic E-state index is 0.231. The Labute approximate surface area is 151 Å². The summed E-state index contributed by atoms with van der Waals surface area (Å²) in [6.07, 6.45) is 3.12. The number of amides is 1. The van der Waals surface area contributed by atoms with E-state index in [9.17, 15) is 4.79 Å². The van der Waals surface area contributed by atoms with E-state index in [4.69, 9.17) is 9.47 Å². The van der Waals surface area contributed by atoms with Gasteiger partial charge in [0.05, 0.1) is 19.2 Å². The molecular formula is C19H20N4O3. The maximum absolute atomic E-state index is 12.6. The molecule has 7 nitrogen and oxygen atoms in total. The van der Waals surface area contributed by atoms with E-state index in [-0.39, 0.29) is 5.91 Å². The number of rotatable bonds is 7. The van der Waals surface area contributed by atoms with Crippen molar-refractivity contribution in [3.05, 3.63) is 66.2 Å². The van der Waals surface area contributed by atoms with Gasteiger partial charge in [0.25, 0.3) is 5.91 Å². The number of carbonyl (C=O) groups excluding carboxylic acids is 1. The third kappa shape index (κ3) is 4.38. The monoisotopic (exact) mass is 352 g/mol. The Morgan fingerprint density at radius 2 is 2.12 bits per heavy atom. The number of anilines is 1.